The van der Waals surface area contributed by atoms with Gasteiger partial charge in [0.05, 0.1) is 16.9 Å². The second-order valence-corrected chi connectivity index (χ2v) is 3.70. The maximum absolute atomic E-state index is 10.7. The number of rotatable bonds is 5. The molecule has 2 N–H and O–H groups in total. The highest BCUT2D eigenvalue weighted by Crippen LogP contribution is 2.24. The summed E-state index contributed by atoms with van der Waals surface area (Å²) in [6, 6.07) is 4.77. The van der Waals surface area contributed by atoms with E-state index in [2.05, 4.69) is 5.32 Å². The first-order chi connectivity index (χ1) is 7.56. The molecule has 0 saturated carbocycles. The van der Waals surface area contributed by atoms with Gasteiger partial charge in [-0.15, -0.1) is 11.6 Å². The van der Waals surface area contributed by atoms with Crippen molar-refractivity contribution in [1.29, 1.82) is 0 Å². The number of benzene rings is 1. The van der Waals surface area contributed by atoms with Crippen LogP contribution < -0.4 is 5.32 Å². The van der Waals surface area contributed by atoms with Gasteiger partial charge in [-0.1, -0.05) is 6.07 Å². The van der Waals surface area contributed by atoms with Crippen molar-refractivity contribution in [2.45, 2.75) is 13.0 Å². The Labute approximate surface area is 98.2 Å². The summed E-state index contributed by atoms with van der Waals surface area (Å²) in [5.41, 5.74) is 1.25. The van der Waals surface area contributed by atoms with Crippen LogP contribution in [0.2, 0.25) is 0 Å². The highest BCUT2D eigenvalue weighted by Gasteiger charge is 2.13. The Morgan fingerprint density at radius 3 is 2.88 bits per heavy atom. The van der Waals surface area contributed by atoms with E-state index in [0.717, 1.165) is 0 Å². The first-order valence-electron chi connectivity index (χ1n) is 4.78. The number of aliphatic hydroxyl groups excluding tert-OH is 1. The van der Waals surface area contributed by atoms with Crippen LogP contribution in [0.1, 0.15) is 5.56 Å². The van der Waals surface area contributed by atoms with E-state index in [4.69, 9.17) is 11.6 Å². The van der Waals surface area contributed by atoms with Gasteiger partial charge in [-0.25, -0.2) is 0 Å². The number of anilines is 1. The molecule has 0 saturated heterocycles. The van der Waals surface area contributed by atoms with Gasteiger partial charge < -0.3 is 10.4 Å². The van der Waals surface area contributed by atoms with Crippen molar-refractivity contribution in [2.75, 3.05) is 17.7 Å². The standard InChI is InChI=1S/C10H13ClN2O3/c1-7-9(12-6-8(14)5-11)3-2-4-10(7)13(15)16/h2-4,8,12,14H,5-6H2,1H3. The maximum atomic E-state index is 10.7. The normalized spacial score (nSPS) is 12.2. The summed E-state index contributed by atoms with van der Waals surface area (Å²) in [6.45, 7) is 1.93. The molecule has 0 aliphatic rings. The summed E-state index contributed by atoms with van der Waals surface area (Å²) in [5, 5.41) is 22.9. The van der Waals surface area contributed by atoms with Gasteiger partial charge in [-0.3, -0.25) is 10.1 Å². The molecule has 0 bridgehead atoms. The molecule has 0 aliphatic carbocycles. The van der Waals surface area contributed by atoms with Crippen LogP contribution in [-0.2, 0) is 0 Å². The van der Waals surface area contributed by atoms with Gasteiger partial charge in [0.25, 0.3) is 5.69 Å². The maximum Gasteiger partial charge on any atom is 0.274 e. The number of nitrogens with one attached hydrogen (secondary N) is 1. The largest absolute Gasteiger partial charge is 0.390 e. The van der Waals surface area contributed by atoms with Gasteiger partial charge in [-0.2, -0.15) is 0 Å². The van der Waals surface area contributed by atoms with Crippen molar-refractivity contribution in [2.24, 2.45) is 0 Å². The smallest absolute Gasteiger partial charge is 0.274 e. The fraction of sp³-hybridized carbons (Fsp3) is 0.400. The average molecular weight is 245 g/mol. The van der Waals surface area contributed by atoms with E-state index in [0.29, 0.717) is 11.3 Å². The minimum atomic E-state index is -0.666. The molecule has 1 rings (SSSR count). The van der Waals surface area contributed by atoms with Crippen LogP contribution in [0, 0.1) is 17.0 Å². The van der Waals surface area contributed by atoms with Gasteiger partial charge in [0.15, 0.2) is 0 Å². The van der Waals surface area contributed by atoms with Gasteiger partial charge in [0.1, 0.15) is 0 Å². The van der Waals surface area contributed by atoms with Crippen LogP contribution in [0.15, 0.2) is 18.2 Å². The van der Waals surface area contributed by atoms with Gasteiger partial charge in [0.2, 0.25) is 0 Å². The lowest BCUT2D eigenvalue weighted by atomic mass is 10.1. The van der Waals surface area contributed by atoms with Crippen molar-refractivity contribution in [1.82, 2.24) is 0 Å². The highest BCUT2D eigenvalue weighted by molar-refractivity contribution is 6.18. The van der Waals surface area contributed by atoms with Crippen molar-refractivity contribution < 1.29 is 10.0 Å². The molecule has 0 amide bonds. The number of halogens is 1. The number of hydrogen-bond acceptors (Lipinski definition) is 4. The third-order valence-corrected chi connectivity index (χ3v) is 2.56. The Hall–Kier alpha value is -1.33. The van der Waals surface area contributed by atoms with Gasteiger partial charge in [0, 0.05) is 23.9 Å². The molecule has 16 heavy (non-hydrogen) atoms. The van der Waals surface area contributed by atoms with Crippen molar-refractivity contribution in [3.05, 3.63) is 33.9 Å². The van der Waals surface area contributed by atoms with E-state index in [1.807, 2.05) is 0 Å². The Kier molecular flexibility index (Phi) is 4.52. The number of nitrogens with zero attached hydrogens (tertiary/aromatic N) is 1. The van der Waals surface area contributed by atoms with Crippen LogP contribution in [0.4, 0.5) is 11.4 Å². The van der Waals surface area contributed by atoms with E-state index >= 15 is 0 Å². The molecule has 88 valence electrons. The summed E-state index contributed by atoms with van der Waals surface area (Å²) in [5.74, 6) is 0.126. The predicted octanol–water partition coefficient (Wildman–Crippen LogP) is 1.91. The van der Waals surface area contributed by atoms with Crippen molar-refractivity contribution in [3.63, 3.8) is 0 Å². The summed E-state index contributed by atoms with van der Waals surface area (Å²) in [4.78, 5) is 10.2. The lowest BCUT2D eigenvalue weighted by molar-refractivity contribution is -0.385. The SMILES string of the molecule is Cc1c(NCC(O)CCl)cccc1[N+](=O)[O-]. The molecular formula is C10H13ClN2O3. The van der Waals surface area contributed by atoms with Crippen LogP contribution in [0.25, 0.3) is 0 Å². The first-order valence-corrected chi connectivity index (χ1v) is 5.31. The topological polar surface area (TPSA) is 75.4 Å². The van der Waals surface area contributed by atoms with Crippen LogP contribution in [0.3, 0.4) is 0 Å². The molecule has 0 aromatic heterocycles. The van der Waals surface area contributed by atoms with E-state index in [9.17, 15) is 15.2 Å². The predicted molar refractivity (Wildman–Crippen MR) is 63.0 cm³/mol. The molecule has 0 spiro atoms. The molecule has 5 nitrogen and oxygen atoms in total. The fourth-order valence-corrected chi connectivity index (χ4v) is 1.40. The quantitative estimate of drug-likeness (QED) is 0.471. The van der Waals surface area contributed by atoms with E-state index in [1.165, 1.54) is 6.07 Å². The van der Waals surface area contributed by atoms with E-state index in [-0.39, 0.29) is 18.1 Å². The minimum Gasteiger partial charge on any atom is -0.390 e. The Morgan fingerprint density at radius 2 is 2.31 bits per heavy atom. The molecule has 1 atom stereocenters. The molecule has 1 aromatic carbocycles. The van der Waals surface area contributed by atoms with E-state index in [1.54, 1.807) is 19.1 Å². The molecule has 0 heterocycles. The zero-order valence-electron chi connectivity index (χ0n) is 8.81. The number of hydrogen-bond donors (Lipinski definition) is 2. The zero-order valence-corrected chi connectivity index (χ0v) is 9.57. The Bertz CT molecular complexity index is 384. The highest BCUT2D eigenvalue weighted by atomic mass is 35.5. The minimum absolute atomic E-state index is 0.0605. The zero-order chi connectivity index (χ0) is 12.1. The summed E-state index contributed by atoms with van der Waals surface area (Å²) >= 11 is 5.44. The number of alkyl halides is 1. The lowest BCUT2D eigenvalue weighted by Crippen LogP contribution is -2.21. The monoisotopic (exact) mass is 244 g/mol. The van der Waals surface area contributed by atoms with Crippen LogP contribution in [-0.4, -0.2) is 28.6 Å². The Balaban J connectivity index is 2.81. The average Bonchev–Trinajstić information content (AvgIpc) is 2.26. The van der Waals surface area contributed by atoms with Gasteiger partial charge >= 0.3 is 0 Å². The molecule has 1 unspecified atom stereocenters. The summed E-state index contributed by atoms with van der Waals surface area (Å²) in [7, 11) is 0. The van der Waals surface area contributed by atoms with Gasteiger partial charge in [-0.05, 0) is 13.0 Å². The first kappa shape index (κ1) is 12.7. The third-order valence-electron chi connectivity index (χ3n) is 2.21. The molecule has 0 fully saturated rings. The van der Waals surface area contributed by atoms with Crippen LogP contribution in [0.5, 0.6) is 0 Å². The van der Waals surface area contributed by atoms with Crippen LogP contribution >= 0.6 is 11.6 Å². The second-order valence-electron chi connectivity index (χ2n) is 3.40. The molecule has 1 aromatic rings. The molecule has 0 radical (unpaired) electrons. The third kappa shape index (κ3) is 3.08. The number of nitro benzene ring substituents is 1. The number of aliphatic hydroxyl groups is 1. The molecule has 6 heteroatoms. The van der Waals surface area contributed by atoms with Crippen molar-refractivity contribution >= 4 is 23.0 Å². The molecular weight excluding hydrogens is 232 g/mol. The van der Waals surface area contributed by atoms with Crippen molar-refractivity contribution in [3.8, 4) is 0 Å². The van der Waals surface area contributed by atoms with E-state index < -0.39 is 11.0 Å². The number of nitro groups is 1. The lowest BCUT2D eigenvalue weighted by Gasteiger charge is -2.12. The second kappa shape index (κ2) is 5.67. The summed E-state index contributed by atoms with van der Waals surface area (Å²) in [6.07, 6.45) is -0.666. The molecule has 0 aliphatic heterocycles. The fourth-order valence-electron chi connectivity index (χ4n) is 1.30. The Morgan fingerprint density at radius 1 is 1.62 bits per heavy atom. The summed E-state index contributed by atoms with van der Waals surface area (Å²) < 4.78 is 0.